The quantitative estimate of drug-likeness (QED) is 0.899. The van der Waals surface area contributed by atoms with Crippen LogP contribution in [-0.4, -0.2) is 9.78 Å². The number of benzene rings is 1. The lowest BCUT2D eigenvalue weighted by Crippen LogP contribution is -2.15. The number of hydrogen-bond acceptors (Lipinski definition) is 2. The highest BCUT2D eigenvalue weighted by Gasteiger charge is 2.03. The molecule has 2 aromatic rings. The van der Waals surface area contributed by atoms with Crippen molar-refractivity contribution in [2.75, 3.05) is 0 Å². The first kappa shape index (κ1) is 13.1. The van der Waals surface area contributed by atoms with E-state index in [1.54, 1.807) is 0 Å². The van der Waals surface area contributed by atoms with Crippen LogP contribution in [0, 0.1) is 0 Å². The zero-order valence-corrected chi connectivity index (χ0v) is 11.5. The van der Waals surface area contributed by atoms with Gasteiger partial charge in [0.25, 0.3) is 0 Å². The third kappa shape index (κ3) is 3.34. The van der Waals surface area contributed by atoms with E-state index in [9.17, 15) is 0 Å². The van der Waals surface area contributed by atoms with Crippen LogP contribution in [0.1, 0.15) is 23.9 Å². The van der Waals surface area contributed by atoms with Crippen LogP contribution in [0.4, 0.5) is 0 Å². The summed E-state index contributed by atoms with van der Waals surface area (Å²) in [6.07, 6.45) is 0.974. The molecule has 0 aliphatic rings. The van der Waals surface area contributed by atoms with Gasteiger partial charge in [-0.15, -0.1) is 0 Å². The predicted molar refractivity (Wildman–Crippen MR) is 74.6 cm³/mol. The van der Waals surface area contributed by atoms with Crippen LogP contribution in [0.15, 0.2) is 30.3 Å². The Balaban J connectivity index is 1.90. The lowest BCUT2D eigenvalue weighted by molar-refractivity contribution is 0.623. The van der Waals surface area contributed by atoms with Gasteiger partial charge in [-0.3, -0.25) is 4.68 Å². The van der Waals surface area contributed by atoms with E-state index in [-0.39, 0.29) is 0 Å². The highest BCUT2D eigenvalue weighted by atomic mass is 35.5. The van der Waals surface area contributed by atoms with Crippen LogP contribution < -0.4 is 5.32 Å². The first-order valence-corrected chi connectivity index (χ1v) is 6.53. The monoisotopic (exact) mass is 263 g/mol. The van der Waals surface area contributed by atoms with E-state index in [1.165, 1.54) is 11.3 Å². The molecule has 3 nitrogen and oxygen atoms in total. The summed E-state index contributed by atoms with van der Waals surface area (Å²) in [7, 11) is 1.98. The molecule has 1 heterocycles. The Morgan fingerprint density at radius 2 is 2.11 bits per heavy atom. The number of aryl methyl sites for hydroxylation is 2. The summed E-state index contributed by atoms with van der Waals surface area (Å²) in [5, 5.41) is 8.61. The summed E-state index contributed by atoms with van der Waals surface area (Å²) < 4.78 is 1.93. The SMILES string of the molecule is CCc1cc(CNCc2cccc(Cl)c2)n(C)n1. The smallest absolute Gasteiger partial charge is 0.0625 e. The Morgan fingerprint density at radius 1 is 1.28 bits per heavy atom. The molecule has 1 aromatic heterocycles. The first-order chi connectivity index (χ1) is 8.69. The van der Waals surface area contributed by atoms with Crippen molar-refractivity contribution in [3.63, 3.8) is 0 Å². The average molecular weight is 264 g/mol. The van der Waals surface area contributed by atoms with Gasteiger partial charge in [-0.1, -0.05) is 30.7 Å². The molecule has 0 aliphatic heterocycles. The van der Waals surface area contributed by atoms with Crippen LogP contribution in [0.2, 0.25) is 5.02 Å². The van der Waals surface area contributed by atoms with Crippen LogP contribution in [0.3, 0.4) is 0 Å². The van der Waals surface area contributed by atoms with Crippen molar-refractivity contribution in [1.29, 1.82) is 0 Å². The second-order valence-corrected chi connectivity index (χ2v) is 4.77. The largest absolute Gasteiger partial charge is 0.307 e. The van der Waals surface area contributed by atoms with Gasteiger partial charge in [0.2, 0.25) is 0 Å². The molecule has 96 valence electrons. The minimum atomic E-state index is 0.781. The second kappa shape index (κ2) is 6.03. The summed E-state index contributed by atoms with van der Waals surface area (Å²) in [6.45, 7) is 3.74. The van der Waals surface area contributed by atoms with Crippen molar-refractivity contribution in [3.8, 4) is 0 Å². The topological polar surface area (TPSA) is 29.9 Å². The Labute approximate surface area is 113 Å². The van der Waals surface area contributed by atoms with Gasteiger partial charge >= 0.3 is 0 Å². The minimum Gasteiger partial charge on any atom is -0.307 e. The maximum Gasteiger partial charge on any atom is 0.0625 e. The van der Waals surface area contributed by atoms with Crippen molar-refractivity contribution in [2.45, 2.75) is 26.4 Å². The number of nitrogens with zero attached hydrogens (tertiary/aromatic N) is 2. The van der Waals surface area contributed by atoms with Gasteiger partial charge in [-0.2, -0.15) is 5.10 Å². The second-order valence-electron chi connectivity index (χ2n) is 4.34. The Bertz CT molecular complexity index is 520. The highest BCUT2D eigenvalue weighted by Crippen LogP contribution is 2.10. The van der Waals surface area contributed by atoms with E-state index < -0.39 is 0 Å². The molecule has 0 spiro atoms. The van der Waals surface area contributed by atoms with Gasteiger partial charge in [0, 0.05) is 25.2 Å². The van der Waals surface area contributed by atoms with Crippen LogP contribution in [0.25, 0.3) is 0 Å². The molecule has 0 bridgehead atoms. The molecule has 1 aromatic carbocycles. The van der Waals surface area contributed by atoms with Crippen molar-refractivity contribution >= 4 is 11.6 Å². The molecule has 4 heteroatoms. The normalized spacial score (nSPS) is 10.8. The van der Waals surface area contributed by atoms with E-state index in [4.69, 9.17) is 11.6 Å². The summed E-state index contributed by atoms with van der Waals surface area (Å²) in [5.41, 5.74) is 3.53. The van der Waals surface area contributed by atoms with E-state index in [0.29, 0.717) is 0 Å². The fraction of sp³-hybridized carbons (Fsp3) is 0.357. The average Bonchev–Trinajstić information content (AvgIpc) is 2.71. The van der Waals surface area contributed by atoms with Gasteiger partial charge < -0.3 is 5.32 Å². The van der Waals surface area contributed by atoms with Crippen molar-refractivity contribution < 1.29 is 0 Å². The molecule has 0 unspecified atom stereocenters. The zero-order valence-electron chi connectivity index (χ0n) is 10.8. The third-order valence-electron chi connectivity index (χ3n) is 2.91. The number of halogens is 1. The molecule has 0 saturated heterocycles. The van der Waals surface area contributed by atoms with Crippen LogP contribution in [0.5, 0.6) is 0 Å². The van der Waals surface area contributed by atoms with Crippen molar-refractivity contribution in [3.05, 3.63) is 52.3 Å². The molecule has 1 N–H and O–H groups in total. The summed E-state index contributed by atoms with van der Waals surface area (Å²) in [5.74, 6) is 0. The fourth-order valence-electron chi connectivity index (χ4n) is 1.89. The summed E-state index contributed by atoms with van der Waals surface area (Å²) in [4.78, 5) is 0. The van der Waals surface area contributed by atoms with Crippen molar-refractivity contribution in [2.24, 2.45) is 7.05 Å². The maximum atomic E-state index is 5.95. The van der Waals surface area contributed by atoms with E-state index in [0.717, 1.165) is 30.2 Å². The fourth-order valence-corrected chi connectivity index (χ4v) is 2.10. The maximum absolute atomic E-state index is 5.95. The predicted octanol–water partition coefficient (Wildman–Crippen LogP) is 2.93. The molecule has 0 amide bonds. The van der Waals surface area contributed by atoms with E-state index in [1.807, 2.05) is 29.9 Å². The molecule has 0 saturated carbocycles. The number of nitrogens with one attached hydrogen (secondary N) is 1. The van der Waals surface area contributed by atoms with Crippen LogP contribution in [-0.2, 0) is 26.6 Å². The minimum absolute atomic E-state index is 0.781. The molecule has 2 rings (SSSR count). The highest BCUT2D eigenvalue weighted by molar-refractivity contribution is 6.30. The standard InChI is InChI=1S/C14H18ClN3/c1-3-13-8-14(18(2)17-13)10-16-9-11-5-4-6-12(15)7-11/h4-8,16H,3,9-10H2,1-2H3. The molecule has 0 aliphatic carbocycles. The molecule has 0 atom stereocenters. The molecule has 18 heavy (non-hydrogen) atoms. The molecule has 0 fully saturated rings. The Kier molecular flexibility index (Phi) is 4.39. The van der Waals surface area contributed by atoms with Crippen molar-refractivity contribution in [1.82, 2.24) is 15.1 Å². The lowest BCUT2D eigenvalue weighted by atomic mass is 10.2. The van der Waals surface area contributed by atoms with Crippen LogP contribution >= 0.6 is 11.6 Å². The number of hydrogen-bond donors (Lipinski definition) is 1. The van der Waals surface area contributed by atoms with Gasteiger partial charge in [0.15, 0.2) is 0 Å². The zero-order chi connectivity index (χ0) is 13.0. The van der Waals surface area contributed by atoms with Gasteiger partial charge in [0.05, 0.1) is 11.4 Å². The molecular formula is C14H18ClN3. The Morgan fingerprint density at radius 3 is 2.78 bits per heavy atom. The first-order valence-electron chi connectivity index (χ1n) is 6.16. The number of aromatic nitrogens is 2. The van der Waals surface area contributed by atoms with Gasteiger partial charge in [-0.05, 0) is 30.2 Å². The van der Waals surface area contributed by atoms with Gasteiger partial charge in [0.1, 0.15) is 0 Å². The summed E-state index contributed by atoms with van der Waals surface area (Å²) in [6, 6.07) is 10.1. The molecular weight excluding hydrogens is 246 g/mol. The lowest BCUT2D eigenvalue weighted by Gasteiger charge is -2.05. The molecule has 0 radical (unpaired) electrons. The summed E-state index contributed by atoms with van der Waals surface area (Å²) >= 11 is 5.95. The third-order valence-corrected chi connectivity index (χ3v) is 3.15. The van der Waals surface area contributed by atoms with Gasteiger partial charge in [-0.25, -0.2) is 0 Å². The Hall–Kier alpha value is -1.32. The van der Waals surface area contributed by atoms with E-state index in [2.05, 4.69) is 29.5 Å². The van der Waals surface area contributed by atoms with E-state index >= 15 is 0 Å². The number of rotatable bonds is 5.